The van der Waals surface area contributed by atoms with Crippen molar-refractivity contribution >= 4 is 15.7 Å². The molecule has 0 radical (unpaired) electrons. The molecule has 5 heteroatoms. The lowest BCUT2D eigenvalue weighted by atomic mass is 9.98. The summed E-state index contributed by atoms with van der Waals surface area (Å²) < 4.78 is 26.5. The van der Waals surface area contributed by atoms with Crippen LogP contribution in [0.15, 0.2) is 65.6 Å². The number of hydrogen-bond donors (Lipinski definition) is 0. The van der Waals surface area contributed by atoms with Crippen molar-refractivity contribution in [3.05, 3.63) is 66.2 Å². The van der Waals surface area contributed by atoms with Gasteiger partial charge in [0.15, 0.2) is 15.1 Å². The van der Waals surface area contributed by atoms with Gasteiger partial charge in [-0.25, -0.2) is 8.42 Å². The highest BCUT2D eigenvalue weighted by Crippen LogP contribution is 2.38. The van der Waals surface area contributed by atoms with E-state index in [2.05, 4.69) is 0 Å². The average molecular weight is 357 g/mol. The van der Waals surface area contributed by atoms with Gasteiger partial charge in [0, 0.05) is 18.0 Å². The van der Waals surface area contributed by atoms with Crippen LogP contribution in [0.5, 0.6) is 0 Å². The minimum absolute atomic E-state index is 0.199. The van der Waals surface area contributed by atoms with Crippen LogP contribution in [0.3, 0.4) is 0 Å². The molecule has 2 aromatic rings. The predicted molar refractivity (Wildman–Crippen MR) is 98.1 cm³/mol. The molecule has 3 rings (SSSR count). The molecule has 0 aromatic heterocycles. The van der Waals surface area contributed by atoms with Gasteiger partial charge in [-0.2, -0.15) is 0 Å². The van der Waals surface area contributed by atoms with Crippen molar-refractivity contribution in [2.75, 3.05) is 6.54 Å². The van der Waals surface area contributed by atoms with Crippen molar-refractivity contribution in [1.82, 2.24) is 4.90 Å². The minimum atomic E-state index is -3.77. The third-order valence-corrected chi connectivity index (χ3v) is 6.83. The first kappa shape index (κ1) is 17.7. The fourth-order valence-electron chi connectivity index (χ4n) is 3.40. The molecule has 1 saturated heterocycles. The predicted octanol–water partition coefficient (Wildman–Crippen LogP) is 3.25. The Morgan fingerprint density at radius 1 is 0.920 bits per heavy atom. The van der Waals surface area contributed by atoms with Crippen molar-refractivity contribution in [3.63, 3.8) is 0 Å². The Kier molecular flexibility index (Phi) is 4.45. The zero-order valence-electron chi connectivity index (χ0n) is 14.7. The number of nitrogens with zero attached hydrogens (tertiary/aromatic N) is 1. The second-order valence-electron chi connectivity index (χ2n) is 7.42. The number of carbonyl (C=O) groups excluding carboxylic acids is 1. The number of sulfone groups is 1. The maximum absolute atomic E-state index is 13.3. The van der Waals surface area contributed by atoms with Crippen LogP contribution in [-0.2, 0) is 14.6 Å². The minimum Gasteiger partial charge on any atom is -0.336 e. The zero-order valence-corrected chi connectivity index (χ0v) is 15.5. The Balaban J connectivity index is 2.11. The number of amides is 1. The van der Waals surface area contributed by atoms with E-state index in [-0.39, 0.29) is 16.7 Å². The van der Waals surface area contributed by atoms with Gasteiger partial charge >= 0.3 is 0 Å². The highest BCUT2D eigenvalue weighted by Gasteiger charge is 2.51. The Labute approximate surface area is 149 Å². The molecule has 2 aromatic carbocycles. The molecule has 0 saturated carbocycles. The summed E-state index contributed by atoms with van der Waals surface area (Å²) in [5.74, 6) is -0.691. The van der Waals surface area contributed by atoms with Gasteiger partial charge in [0.25, 0.3) is 0 Å². The fourth-order valence-corrected chi connectivity index (χ4v) is 5.30. The summed E-state index contributed by atoms with van der Waals surface area (Å²) in [7, 11) is -3.77. The number of carbonyl (C=O) groups is 1. The maximum atomic E-state index is 13.3. The van der Waals surface area contributed by atoms with Crippen molar-refractivity contribution in [2.45, 2.75) is 42.4 Å². The molecule has 1 aliphatic heterocycles. The van der Waals surface area contributed by atoms with Crippen molar-refractivity contribution in [1.29, 1.82) is 0 Å². The van der Waals surface area contributed by atoms with Gasteiger partial charge in [-0.15, -0.1) is 0 Å². The summed E-state index contributed by atoms with van der Waals surface area (Å²) in [4.78, 5) is 15.0. The van der Waals surface area contributed by atoms with Gasteiger partial charge in [-0.05, 0) is 38.5 Å². The van der Waals surface area contributed by atoms with Crippen LogP contribution in [0.4, 0.5) is 0 Å². The second kappa shape index (κ2) is 6.30. The monoisotopic (exact) mass is 357 g/mol. The van der Waals surface area contributed by atoms with Crippen LogP contribution < -0.4 is 0 Å². The number of likely N-dealkylation sites (tertiary alicyclic amines) is 1. The van der Waals surface area contributed by atoms with Crippen LogP contribution in [0.1, 0.15) is 32.3 Å². The average Bonchev–Trinajstić information content (AvgIpc) is 2.95. The molecule has 25 heavy (non-hydrogen) atoms. The highest BCUT2D eigenvalue weighted by molar-refractivity contribution is 7.92. The maximum Gasteiger partial charge on any atom is 0.242 e. The Morgan fingerprint density at radius 3 is 1.96 bits per heavy atom. The Hall–Kier alpha value is -2.14. The third-order valence-electron chi connectivity index (χ3n) is 4.70. The summed E-state index contributed by atoms with van der Waals surface area (Å²) in [6.45, 7) is 6.21. The Morgan fingerprint density at radius 2 is 1.44 bits per heavy atom. The van der Waals surface area contributed by atoms with Crippen LogP contribution in [0.25, 0.3) is 0 Å². The fraction of sp³-hybridized carbons (Fsp3) is 0.350. The van der Waals surface area contributed by atoms with E-state index in [1.54, 1.807) is 35.2 Å². The standard InChI is InChI=1S/C20H23NO3S/c1-20(2,3)21-14-17(15-10-6-4-7-11-15)18(19(21)22)25(23,24)16-12-8-5-9-13-16/h4-13,17-18H,14H2,1-3H3/t17?,18-/m0/s1. The van der Waals surface area contributed by atoms with Gasteiger partial charge in [-0.1, -0.05) is 48.5 Å². The first-order valence-corrected chi connectivity index (χ1v) is 9.93. The molecular weight excluding hydrogens is 334 g/mol. The summed E-state index contributed by atoms with van der Waals surface area (Å²) >= 11 is 0. The summed E-state index contributed by atoms with van der Waals surface area (Å²) in [6, 6.07) is 17.7. The van der Waals surface area contributed by atoms with E-state index in [4.69, 9.17) is 0 Å². The van der Waals surface area contributed by atoms with Crippen molar-refractivity contribution < 1.29 is 13.2 Å². The normalized spacial score (nSPS) is 21.6. The smallest absolute Gasteiger partial charge is 0.242 e. The van der Waals surface area contributed by atoms with Crippen molar-refractivity contribution in [3.8, 4) is 0 Å². The molecule has 132 valence electrons. The lowest BCUT2D eigenvalue weighted by Crippen LogP contribution is -2.45. The Bertz CT molecular complexity index is 855. The molecule has 0 aliphatic carbocycles. The first-order valence-electron chi connectivity index (χ1n) is 8.38. The molecular formula is C20H23NO3S. The summed E-state index contributed by atoms with van der Waals surface area (Å²) in [5, 5.41) is -1.09. The summed E-state index contributed by atoms with van der Waals surface area (Å²) in [5.41, 5.74) is 0.456. The van der Waals surface area contributed by atoms with Crippen LogP contribution in [0.2, 0.25) is 0 Å². The first-order chi connectivity index (χ1) is 11.7. The van der Waals surface area contributed by atoms with E-state index in [0.717, 1.165) is 5.56 Å². The van der Waals surface area contributed by atoms with Gasteiger partial charge in [0.1, 0.15) is 0 Å². The number of rotatable bonds is 3. The molecule has 1 unspecified atom stereocenters. The van der Waals surface area contributed by atoms with Gasteiger partial charge < -0.3 is 4.90 Å². The lowest BCUT2D eigenvalue weighted by molar-refractivity contribution is -0.131. The van der Waals surface area contributed by atoms with Crippen molar-refractivity contribution in [2.24, 2.45) is 0 Å². The second-order valence-corrected chi connectivity index (χ2v) is 9.48. The third kappa shape index (κ3) is 3.21. The molecule has 1 amide bonds. The van der Waals surface area contributed by atoms with Crippen LogP contribution in [0, 0.1) is 0 Å². The van der Waals surface area contributed by atoms with Crippen LogP contribution in [-0.4, -0.2) is 36.6 Å². The molecule has 4 nitrogen and oxygen atoms in total. The molecule has 0 bridgehead atoms. The van der Waals surface area contributed by atoms with E-state index in [9.17, 15) is 13.2 Å². The quantitative estimate of drug-likeness (QED) is 0.847. The van der Waals surface area contributed by atoms with Crippen LogP contribution >= 0.6 is 0 Å². The van der Waals surface area contributed by atoms with Gasteiger partial charge in [0.2, 0.25) is 5.91 Å². The van der Waals surface area contributed by atoms with Gasteiger partial charge in [0.05, 0.1) is 4.90 Å². The van der Waals surface area contributed by atoms with E-state index >= 15 is 0 Å². The lowest BCUT2D eigenvalue weighted by Gasteiger charge is -2.32. The SMILES string of the molecule is CC(C)(C)N1CC(c2ccccc2)[C@H](S(=O)(=O)c2ccccc2)C1=O. The molecule has 1 heterocycles. The molecule has 1 aliphatic rings. The van der Waals surface area contributed by atoms with E-state index in [0.29, 0.717) is 6.54 Å². The largest absolute Gasteiger partial charge is 0.336 e. The molecule has 2 atom stereocenters. The van der Waals surface area contributed by atoms with E-state index < -0.39 is 20.6 Å². The molecule has 1 fully saturated rings. The number of benzene rings is 2. The highest BCUT2D eigenvalue weighted by atomic mass is 32.2. The topological polar surface area (TPSA) is 54.5 Å². The van der Waals surface area contributed by atoms with E-state index in [1.165, 1.54) is 0 Å². The number of hydrogen-bond acceptors (Lipinski definition) is 3. The summed E-state index contributed by atoms with van der Waals surface area (Å²) in [6.07, 6.45) is 0. The molecule has 0 spiro atoms. The van der Waals surface area contributed by atoms with Gasteiger partial charge in [-0.3, -0.25) is 4.79 Å². The zero-order chi connectivity index (χ0) is 18.2. The van der Waals surface area contributed by atoms with E-state index in [1.807, 2.05) is 51.1 Å². The molecule has 0 N–H and O–H groups in total.